The lowest BCUT2D eigenvalue weighted by Gasteiger charge is -2.28. The van der Waals surface area contributed by atoms with Gasteiger partial charge in [0.15, 0.2) is 0 Å². The number of carbonyl (C=O) groups is 1. The van der Waals surface area contributed by atoms with E-state index in [2.05, 4.69) is 0 Å². The second-order valence-corrected chi connectivity index (χ2v) is 4.26. The number of rotatable bonds is 6. The first kappa shape index (κ1) is 14.5. The maximum absolute atomic E-state index is 14.5. The van der Waals surface area contributed by atoms with Crippen LogP contribution in [0.4, 0.5) is 4.39 Å². The van der Waals surface area contributed by atoms with E-state index in [0.29, 0.717) is 17.7 Å². The molecule has 0 saturated carbocycles. The number of halogens is 1. The first-order valence-corrected chi connectivity index (χ1v) is 6.05. The molecule has 1 aromatic rings. The molecule has 0 fully saturated rings. The molecule has 1 N–H and O–H groups in total. The summed E-state index contributed by atoms with van der Waals surface area (Å²) in [6.45, 7) is 3.35. The summed E-state index contributed by atoms with van der Waals surface area (Å²) in [7, 11) is 1.55. The highest BCUT2D eigenvalue weighted by Crippen LogP contribution is 2.38. The van der Waals surface area contributed by atoms with Gasteiger partial charge in [-0.05, 0) is 30.5 Å². The molecule has 0 aliphatic heterocycles. The Morgan fingerprint density at radius 1 is 1.39 bits per heavy atom. The molecule has 0 radical (unpaired) electrons. The van der Waals surface area contributed by atoms with Gasteiger partial charge in [0.2, 0.25) is 5.67 Å². The lowest BCUT2D eigenvalue weighted by Crippen LogP contribution is -2.39. The van der Waals surface area contributed by atoms with E-state index in [1.807, 2.05) is 0 Å². The number of hydrogen-bond acceptors (Lipinski definition) is 2. The van der Waals surface area contributed by atoms with Gasteiger partial charge in [-0.3, -0.25) is 0 Å². The highest BCUT2D eigenvalue weighted by atomic mass is 19.1. The zero-order valence-electron chi connectivity index (χ0n) is 10.9. The van der Waals surface area contributed by atoms with Crippen LogP contribution in [-0.2, 0) is 4.79 Å². The minimum absolute atomic E-state index is 0.0487. The van der Waals surface area contributed by atoms with E-state index >= 15 is 0 Å². The smallest absolute Gasteiger partial charge is 0.342 e. The molecule has 0 bridgehead atoms. The van der Waals surface area contributed by atoms with Crippen molar-refractivity contribution in [1.29, 1.82) is 0 Å². The molecule has 0 unspecified atom stereocenters. The summed E-state index contributed by atoms with van der Waals surface area (Å²) in [5, 5.41) is 9.10. The third-order valence-corrected chi connectivity index (χ3v) is 3.35. The first-order valence-electron chi connectivity index (χ1n) is 6.05. The Labute approximate surface area is 107 Å². The molecule has 0 spiro atoms. The Hall–Kier alpha value is -1.58. The highest BCUT2D eigenvalue weighted by molar-refractivity contribution is 5.78. The number of hydrogen-bond donors (Lipinski definition) is 1. The fraction of sp³-hybridized carbons (Fsp3) is 0.500. The maximum atomic E-state index is 14.5. The molecule has 100 valence electrons. The number of ether oxygens (including phenoxy) is 1. The van der Waals surface area contributed by atoms with E-state index in [1.165, 1.54) is 0 Å². The van der Waals surface area contributed by atoms with E-state index in [0.717, 1.165) is 0 Å². The summed E-state index contributed by atoms with van der Waals surface area (Å²) >= 11 is 0. The van der Waals surface area contributed by atoms with Gasteiger partial charge in [0.25, 0.3) is 0 Å². The van der Waals surface area contributed by atoms with Gasteiger partial charge >= 0.3 is 5.97 Å². The molecular formula is C14H19FO3. The number of carboxylic acids is 1. The molecule has 0 saturated heterocycles. The Bertz CT molecular complexity index is 402. The summed E-state index contributed by atoms with van der Waals surface area (Å²) in [5.74, 6) is -1.37. The van der Waals surface area contributed by atoms with Crippen LogP contribution in [0.15, 0.2) is 24.3 Å². The Kier molecular flexibility index (Phi) is 4.70. The number of alkyl halides is 1. The van der Waals surface area contributed by atoms with Crippen LogP contribution in [0, 0.1) is 0 Å². The summed E-state index contributed by atoms with van der Waals surface area (Å²) < 4.78 is 19.6. The van der Waals surface area contributed by atoms with Crippen molar-refractivity contribution in [3.63, 3.8) is 0 Å². The second-order valence-electron chi connectivity index (χ2n) is 4.26. The van der Waals surface area contributed by atoms with Crippen LogP contribution in [0.1, 0.15) is 38.2 Å². The summed E-state index contributed by atoms with van der Waals surface area (Å²) in [4.78, 5) is 11.1. The Balaban J connectivity index is 3.11. The first-order chi connectivity index (χ1) is 8.49. The highest BCUT2D eigenvalue weighted by Gasteiger charge is 2.44. The van der Waals surface area contributed by atoms with Crippen molar-refractivity contribution in [3.8, 4) is 5.75 Å². The molecule has 0 aromatic heterocycles. The topological polar surface area (TPSA) is 46.5 Å². The predicted molar refractivity (Wildman–Crippen MR) is 67.8 cm³/mol. The zero-order chi connectivity index (χ0) is 13.8. The molecule has 18 heavy (non-hydrogen) atoms. The number of aliphatic carboxylic acids is 1. The average Bonchev–Trinajstić information content (AvgIpc) is 2.39. The van der Waals surface area contributed by atoms with Crippen LogP contribution in [0.25, 0.3) is 0 Å². The molecule has 0 aliphatic rings. The van der Waals surface area contributed by atoms with Gasteiger partial charge in [-0.25, -0.2) is 9.18 Å². The van der Waals surface area contributed by atoms with E-state index in [9.17, 15) is 9.18 Å². The predicted octanol–water partition coefficient (Wildman–Crippen LogP) is 3.39. The SMILES string of the molecule is CC[C@@H](c1ccc(OC)cc1)[C@@](F)(CC)C(=O)O. The minimum atomic E-state index is -2.22. The van der Waals surface area contributed by atoms with Gasteiger partial charge in [-0.2, -0.15) is 0 Å². The molecule has 2 atom stereocenters. The summed E-state index contributed by atoms with van der Waals surface area (Å²) in [5.41, 5.74) is -1.53. The molecule has 3 nitrogen and oxygen atoms in total. The molecule has 0 heterocycles. The van der Waals surface area contributed by atoms with Crippen LogP contribution >= 0.6 is 0 Å². The van der Waals surface area contributed by atoms with E-state index in [1.54, 1.807) is 45.2 Å². The molecule has 4 heteroatoms. The van der Waals surface area contributed by atoms with Gasteiger partial charge in [0.1, 0.15) is 5.75 Å². The molecular weight excluding hydrogens is 235 g/mol. The molecule has 1 rings (SSSR count). The van der Waals surface area contributed by atoms with Crippen molar-refractivity contribution < 1.29 is 19.0 Å². The van der Waals surface area contributed by atoms with Gasteiger partial charge in [-0.1, -0.05) is 26.0 Å². The standard InChI is InChI=1S/C14H19FO3/c1-4-12(14(15,5-2)13(16)17)10-6-8-11(18-3)9-7-10/h6-9,12H,4-5H2,1-3H3,(H,16,17)/t12-,14-/m0/s1. The monoisotopic (exact) mass is 254 g/mol. The van der Waals surface area contributed by atoms with Crippen molar-refractivity contribution in [1.82, 2.24) is 0 Å². The summed E-state index contributed by atoms with van der Waals surface area (Å²) in [6, 6.07) is 6.88. The third kappa shape index (κ3) is 2.63. The van der Waals surface area contributed by atoms with E-state index < -0.39 is 17.6 Å². The van der Waals surface area contributed by atoms with Crippen LogP contribution in [-0.4, -0.2) is 23.9 Å². The van der Waals surface area contributed by atoms with Crippen molar-refractivity contribution >= 4 is 5.97 Å². The fourth-order valence-corrected chi connectivity index (χ4v) is 2.21. The van der Waals surface area contributed by atoms with Gasteiger partial charge < -0.3 is 9.84 Å². The number of methoxy groups -OCH3 is 1. The Morgan fingerprint density at radius 3 is 2.28 bits per heavy atom. The van der Waals surface area contributed by atoms with Crippen LogP contribution in [0.5, 0.6) is 5.75 Å². The minimum Gasteiger partial charge on any atom is -0.497 e. The molecule has 0 amide bonds. The second kappa shape index (κ2) is 5.85. The van der Waals surface area contributed by atoms with Crippen LogP contribution in [0.3, 0.4) is 0 Å². The van der Waals surface area contributed by atoms with Crippen molar-refractivity contribution in [2.45, 2.75) is 38.3 Å². The molecule has 0 aliphatic carbocycles. The normalized spacial score (nSPS) is 15.8. The Morgan fingerprint density at radius 2 is 1.94 bits per heavy atom. The number of benzene rings is 1. The van der Waals surface area contributed by atoms with Crippen molar-refractivity contribution in [2.75, 3.05) is 7.11 Å². The fourth-order valence-electron chi connectivity index (χ4n) is 2.21. The quantitative estimate of drug-likeness (QED) is 0.846. The summed E-state index contributed by atoms with van der Waals surface area (Å²) in [6.07, 6.45) is 0.385. The average molecular weight is 254 g/mol. The van der Waals surface area contributed by atoms with Crippen LogP contribution < -0.4 is 4.74 Å². The largest absolute Gasteiger partial charge is 0.497 e. The number of carboxylic acid groups (broad SMARTS) is 1. The van der Waals surface area contributed by atoms with Gasteiger partial charge in [0, 0.05) is 5.92 Å². The third-order valence-electron chi connectivity index (χ3n) is 3.35. The van der Waals surface area contributed by atoms with E-state index in [-0.39, 0.29) is 6.42 Å². The van der Waals surface area contributed by atoms with Crippen LogP contribution in [0.2, 0.25) is 0 Å². The van der Waals surface area contributed by atoms with Crippen molar-refractivity contribution in [2.24, 2.45) is 0 Å². The lowest BCUT2D eigenvalue weighted by atomic mass is 9.80. The lowest BCUT2D eigenvalue weighted by molar-refractivity contribution is -0.153. The van der Waals surface area contributed by atoms with E-state index in [4.69, 9.17) is 9.84 Å². The van der Waals surface area contributed by atoms with Gasteiger partial charge in [0.05, 0.1) is 7.11 Å². The van der Waals surface area contributed by atoms with Gasteiger partial charge in [-0.15, -0.1) is 0 Å². The zero-order valence-corrected chi connectivity index (χ0v) is 10.9. The maximum Gasteiger partial charge on any atom is 0.342 e. The molecule has 1 aromatic carbocycles. The van der Waals surface area contributed by atoms with Crippen molar-refractivity contribution in [3.05, 3.63) is 29.8 Å².